The lowest BCUT2D eigenvalue weighted by Crippen LogP contribution is -1.96. The van der Waals surface area contributed by atoms with Crippen LogP contribution >= 0.6 is 0 Å². The van der Waals surface area contributed by atoms with Crippen molar-refractivity contribution in [3.63, 3.8) is 0 Å². The summed E-state index contributed by atoms with van der Waals surface area (Å²) in [7, 11) is 0. The average molecular weight is 224 g/mol. The van der Waals surface area contributed by atoms with Crippen LogP contribution in [0.15, 0.2) is 24.4 Å². The number of hydrogen-bond donors (Lipinski definition) is 0. The first-order chi connectivity index (χ1) is 7.58. The van der Waals surface area contributed by atoms with Crippen molar-refractivity contribution >= 4 is 0 Å². The Kier molecular flexibility index (Phi) is 2.60. The number of benzene rings is 1. The quantitative estimate of drug-likeness (QED) is 0.696. The minimum absolute atomic E-state index is 0.0383. The van der Waals surface area contributed by atoms with Crippen LogP contribution in [-0.4, -0.2) is 9.97 Å². The fourth-order valence-electron chi connectivity index (χ4n) is 1.27. The zero-order valence-corrected chi connectivity index (χ0v) is 8.34. The lowest BCUT2D eigenvalue weighted by molar-refractivity contribution is 0.496. The number of rotatable bonds is 1. The Balaban J connectivity index is 2.60. The van der Waals surface area contributed by atoms with Gasteiger partial charge < -0.3 is 0 Å². The molecule has 0 unspecified atom stereocenters. The first kappa shape index (κ1) is 10.6. The molecule has 0 saturated carbocycles. The van der Waals surface area contributed by atoms with Crippen molar-refractivity contribution in [2.45, 2.75) is 6.92 Å². The van der Waals surface area contributed by atoms with E-state index in [2.05, 4.69) is 9.97 Å². The standard InChI is InChI=1S/C11H7F3N2/c1-6-2-3-15-11(16-6)7-4-9(13)10(14)5-8(7)12/h2-5H,1H3. The molecule has 0 N–H and O–H groups in total. The highest BCUT2D eigenvalue weighted by Crippen LogP contribution is 2.21. The van der Waals surface area contributed by atoms with Gasteiger partial charge in [0.1, 0.15) is 5.82 Å². The second kappa shape index (κ2) is 3.92. The second-order valence-electron chi connectivity index (χ2n) is 3.27. The molecule has 0 radical (unpaired) electrons. The molecule has 5 heteroatoms. The van der Waals surface area contributed by atoms with E-state index in [0.29, 0.717) is 11.8 Å². The van der Waals surface area contributed by atoms with E-state index in [-0.39, 0.29) is 11.4 Å². The Labute approximate surface area is 89.8 Å². The normalized spacial score (nSPS) is 10.5. The summed E-state index contributed by atoms with van der Waals surface area (Å²) < 4.78 is 39.0. The fraction of sp³-hybridized carbons (Fsp3) is 0.0909. The van der Waals surface area contributed by atoms with Crippen LogP contribution < -0.4 is 0 Å². The molecule has 0 aliphatic carbocycles. The first-order valence-electron chi connectivity index (χ1n) is 4.52. The van der Waals surface area contributed by atoms with Crippen molar-refractivity contribution in [2.75, 3.05) is 0 Å². The Hall–Kier alpha value is -1.91. The van der Waals surface area contributed by atoms with E-state index in [0.717, 1.165) is 6.07 Å². The van der Waals surface area contributed by atoms with Gasteiger partial charge in [-0.25, -0.2) is 23.1 Å². The molecule has 0 saturated heterocycles. The van der Waals surface area contributed by atoms with Crippen LogP contribution in [0, 0.1) is 24.4 Å². The highest BCUT2D eigenvalue weighted by Gasteiger charge is 2.13. The van der Waals surface area contributed by atoms with Crippen LogP contribution in [0.4, 0.5) is 13.2 Å². The number of halogens is 3. The molecular formula is C11H7F3N2. The molecule has 0 amide bonds. The third-order valence-electron chi connectivity index (χ3n) is 2.05. The zero-order valence-electron chi connectivity index (χ0n) is 8.34. The monoisotopic (exact) mass is 224 g/mol. The van der Waals surface area contributed by atoms with E-state index in [4.69, 9.17) is 0 Å². The van der Waals surface area contributed by atoms with Gasteiger partial charge in [0.2, 0.25) is 0 Å². The molecule has 2 nitrogen and oxygen atoms in total. The third-order valence-corrected chi connectivity index (χ3v) is 2.05. The van der Waals surface area contributed by atoms with Crippen LogP contribution in [0.25, 0.3) is 11.4 Å². The SMILES string of the molecule is Cc1ccnc(-c2cc(F)c(F)cc2F)n1. The summed E-state index contributed by atoms with van der Waals surface area (Å²) in [5.74, 6) is -3.20. The number of aryl methyl sites for hydroxylation is 1. The lowest BCUT2D eigenvalue weighted by atomic mass is 10.2. The molecule has 0 spiro atoms. The Morgan fingerprint density at radius 2 is 1.69 bits per heavy atom. The van der Waals surface area contributed by atoms with Gasteiger partial charge in [-0.3, -0.25) is 0 Å². The van der Waals surface area contributed by atoms with Crippen molar-refractivity contribution in [3.05, 3.63) is 47.5 Å². The molecule has 1 aromatic carbocycles. The van der Waals surface area contributed by atoms with Gasteiger partial charge in [-0.2, -0.15) is 0 Å². The summed E-state index contributed by atoms with van der Waals surface area (Å²) in [6, 6.07) is 2.86. The van der Waals surface area contributed by atoms with Gasteiger partial charge in [-0.1, -0.05) is 0 Å². The minimum atomic E-state index is -1.23. The summed E-state index contributed by atoms with van der Waals surface area (Å²) >= 11 is 0. The molecular weight excluding hydrogens is 217 g/mol. The first-order valence-corrected chi connectivity index (χ1v) is 4.52. The summed E-state index contributed by atoms with van der Waals surface area (Å²) in [4.78, 5) is 7.74. The van der Waals surface area contributed by atoms with E-state index < -0.39 is 17.5 Å². The van der Waals surface area contributed by atoms with E-state index in [1.807, 2.05) is 0 Å². The van der Waals surface area contributed by atoms with Gasteiger partial charge in [0.05, 0.1) is 5.56 Å². The average Bonchev–Trinajstić information content (AvgIpc) is 2.23. The molecule has 0 bridgehead atoms. The van der Waals surface area contributed by atoms with Gasteiger partial charge >= 0.3 is 0 Å². The molecule has 0 fully saturated rings. The van der Waals surface area contributed by atoms with Crippen molar-refractivity contribution < 1.29 is 13.2 Å². The molecule has 2 aromatic rings. The van der Waals surface area contributed by atoms with Crippen LogP contribution in [0.3, 0.4) is 0 Å². The molecule has 0 aliphatic heterocycles. The van der Waals surface area contributed by atoms with Gasteiger partial charge in [-0.05, 0) is 19.1 Å². The topological polar surface area (TPSA) is 25.8 Å². The minimum Gasteiger partial charge on any atom is -0.236 e. The van der Waals surface area contributed by atoms with Gasteiger partial charge in [0.25, 0.3) is 0 Å². The van der Waals surface area contributed by atoms with Gasteiger partial charge in [0.15, 0.2) is 17.5 Å². The van der Waals surface area contributed by atoms with Crippen LogP contribution in [-0.2, 0) is 0 Å². The van der Waals surface area contributed by atoms with E-state index in [1.165, 1.54) is 6.20 Å². The van der Waals surface area contributed by atoms with Crippen molar-refractivity contribution in [1.82, 2.24) is 9.97 Å². The van der Waals surface area contributed by atoms with E-state index in [9.17, 15) is 13.2 Å². The largest absolute Gasteiger partial charge is 0.236 e. The molecule has 0 atom stereocenters. The molecule has 1 heterocycles. The predicted molar refractivity (Wildman–Crippen MR) is 52.1 cm³/mol. The number of aromatic nitrogens is 2. The van der Waals surface area contributed by atoms with Crippen LogP contribution in [0.1, 0.15) is 5.69 Å². The number of hydrogen-bond acceptors (Lipinski definition) is 2. The Morgan fingerprint density at radius 3 is 2.38 bits per heavy atom. The Morgan fingerprint density at radius 1 is 1.00 bits per heavy atom. The molecule has 16 heavy (non-hydrogen) atoms. The third kappa shape index (κ3) is 1.88. The molecule has 1 aromatic heterocycles. The fourth-order valence-corrected chi connectivity index (χ4v) is 1.27. The highest BCUT2D eigenvalue weighted by molar-refractivity contribution is 5.55. The van der Waals surface area contributed by atoms with E-state index in [1.54, 1.807) is 13.0 Å². The zero-order chi connectivity index (χ0) is 11.7. The van der Waals surface area contributed by atoms with Crippen molar-refractivity contribution in [1.29, 1.82) is 0 Å². The highest BCUT2D eigenvalue weighted by atomic mass is 19.2. The second-order valence-corrected chi connectivity index (χ2v) is 3.27. The predicted octanol–water partition coefficient (Wildman–Crippen LogP) is 2.87. The smallest absolute Gasteiger partial charge is 0.162 e. The maximum absolute atomic E-state index is 13.4. The Bertz CT molecular complexity index is 541. The van der Waals surface area contributed by atoms with Crippen LogP contribution in [0.2, 0.25) is 0 Å². The van der Waals surface area contributed by atoms with Gasteiger partial charge in [-0.15, -0.1) is 0 Å². The van der Waals surface area contributed by atoms with Crippen molar-refractivity contribution in [2.24, 2.45) is 0 Å². The van der Waals surface area contributed by atoms with Gasteiger partial charge in [0, 0.05) is 18.0 Å². The summed E-state index contributed by atoms with van der Waals surface area (Å²) in [5.41, 5.74) is 0.469. The molecule has 82 valence electrons. The molecule has 2 rings (SSSR count). The maximum atomic E-state index is 13.4. The summed E-state index contributed by atoms with van der Waals surface area (Å²) in [6.45, 7) is 1.70. The van der Waals surface area contributed by atoms with Crippen molar-refractivity contribution in [3.8, 4) is 11.4 Å². The number of nitrogens with zero attached hydrogens (tertiary/aromatic N) is 2. The van der Waals surface area contributed by atoms with Crippen LogP contribution in [0.5, 0.6) is 0 Å². The van der Waals surface area contributed by atoms with E-state index >= 15 is 0 Å². The molecule has 0 aliphatic rings. The summed E-state index contributed by atoms with van der Waals surface area (Å²) in [5, 5.41) is 0. The summed E-state index contributed by atoms with van der Waals surface area (Å²) in [6.07, 6.45) is 1.43. The maximum Gasteiger partial charge on any atom is 0.162 e. The lowest BCUT2D eigenvalue weighted by Gasteiger charge is -2.03.